The number of alkyl halides is 3. The second kappa shape index (κ2) is 6.40. The number of carbonyl (C=O) groups is 1. The Labute approximate surface area is 118 Å². The Hall–Kier alpha value is -2.35. The lowest BCUT2D eigenvalue weighted by atomic mass is 10.3. The largest absolute Gasteiger partial charge is 0.401 e. The number of carbonyl (C=O) groups excluding carboxylic acids is 1. The van der Waals surface area contributed by atoms with Crippen LogP contribution in [-0.2, 0) is 4.79 Å². The minimum atomic E-state index is -4.33. The van der Waals surface area contributed by atoms with Crippen molar-refractivity contribution >= 4 is 11.6 Å². The van der Waals surface area contributed by atoms with Crippen molar-refractivity contribution in [3.05, 3.63) is 42.7 Å². The molecule has 0 aliphatic carbocycles. The van der Waals surface area contributed by atoms with E-state index in [9.17, 15) is 18.0 Å². The van der Waals surface area contributed by atoms with Crippen LogP contribution in [0.25, 0.3) is 5.69 Å². The van der Waals surface area contributed by atoms with Crippen molar-refractivity contribution in [2.24, 2.45) is 0 Å². The number of hydrogen-bond acceptors (Lipinski definition) is 3. The number of hydrogen-bond donors (Lipinski definition) is 2. The van der Waals surface area contributed by atoms with Gasteiger partial charge in [-0.25, -0.2) is 4.68 Å². The molecule has 1 heterocycles. The molecule has 0 unspecified atom stereocenters. The van der Waals surface area contributed by atoms with E-state index in [-0.39, 0.29) is 0 Å². The lowest BCUT2D eigenvalue weighted by molar-refractivity contribution is -0.126. The zero-order chi connectivity index (χ0) is 15.3. The molecule has 0 atom stereocenters. The van der Waals surface area contributed by atoms with Gasteiger partial charge in [-0.05, 0) is 30.3 Å². The fourth-order valence-electron chi connectivity index (χ4n) is 1.64. The van der Waals surface area contributed by atoms with E-state index >= 15 is 0 Å². The number of nitrogens with zero attached hydrogens (tertiary/aromatic N) is 2. The Morgan fingerprint density at radius 2 is 1.95 bits per heavy atom. The van der Waals surface area contributed by atoms with Crippen LogP contribution in [0.2, 0.25) is 0 Å². The third-order valence-corrected chi connectivity index (χ3v) is 2.53. The second-order valence-corrected chi connectivity index (χ2v) is 4.26. The molecule has 0 bridgehead atoms. The van der Waals surface area contributed by atoms with Gasteiger partial charge in [0.05, 0.1) is 18.8 Å². The quantitative estimate of drug-likeness (QED) is 0.887. The minimum Gasteiger partial charge on any atom is -0.325 e. The molecule has 5 nitrogen and oxygen atoms in total. The maximum atomic E-state index is 11.9. The maximum absolute atomic E-state index is 11.9. The van der Waals surface area contributed by atoms with Crippen LogP contribution in [0.5, 0.6) is 0 Å². The summed E-state index contributed by atoms with van der Waals surface area (Å²) in [5, 5.41) is 8.58. The zero-order valence-corrected chi connectivity index (χ0v) is 10.9. The van der Waals surface area contributed by atoms with E-state index in [1.165, 1.54) is 0 Å². The van der Waals surface area contributed by atoms with Crippen LogP contribution in [-0.4, -0.2) is 35.0 Å². The van der Waals surface area contributed by atoms with E-state index in [4.69, 9.17) is 0 Å². The second-order valence-electron chi connectivity index (χ2n) is 4.26. The summed E-state index contributed by atoms with van der Waals surface area (Å²) in [5.41, 5.74) is 1.32. The number of anilines is 1. The minimum absolute atomic E-state index is 0.402. The lowest BCUT2D eigenvalue weighted by Crippen LogP contribution is -2.35. The molecule has 0 aliphatic rings. The summed E-state index contributed by atoms with van der Waals surface area (Å²) >= 11 is 0. The maximum Gasteiger partial charge on any atom is 0.401 e. The number of amides is 1. The van der Waals surface area contributed by atoms with Crippen LogP contribution in [0.4, 0.5) is 18.9 Å². The number of aromatic nitrogens is 2. The van der Waals surface area contributed by atoms with Gasteiger partial charge in [0.15, 0.2) is 0 Å². The Balaban J connectivity index is 1.84. The molecule has 2 rings (SSSR count). The highest BCUT2D eigenvalue weighted by atomic mass is 19.4. The molecule has 2 N–H and O–H groups in total. The highest BCUT2D eigenvalue weighted by Gasteiger charge is 2.26. The Morgan fingerprint density at radius 3 is 2.52 bits per heavy atom. The summed E-state index contributed by atoms with van der Waals surface area (Å²) in [6.45, 7) is -1.60. The summed E-state index contributed by atoms with van der Waals surface area (Å²) in [4.78, 5) is 11.5. The molecule has 112 valence electrons. The molecule has 8 heteroatoms. The van der Waals surface area contributed by atoms with Crippen LogP contribution in [0.15, 0.2) is 42.7 Å². The smallest absolute Gasteiger partial charge is 0.325 e. The van der Waals surface area contributed by atoms with Crippen LogP contribution < -0.4 is 10.6 Å². The number of rotatable bonds is 5. The number of benzene rings is 1. The van der Waals surface area contributed by atoms with Gasteiger partial charge in [-0.2, -0.15) is 18.3 Å². The van der Waals surface area contributed by atoms with Gasteiger partial charge in [0.1, 0.15) is 0 Å². The highest BCUT2D eigenvalue weighted by molar-refractivity contribution is 5.92. The third-order valence-electron chi connectivity index (χ3n) is 2.53. The summed E-state index contributed by atoms with van der Waals surface area (Å²) in [6, 6.07) is 8.57. The molecule has 0 spiro atoms. The van der Waals surface area contributed by atoms with Crippen LogP contribution in [0.1, 0.15) is 0 Å². The molecular formula is C13H13F3N4O. The third kappa shape index (κ3) is 4.92. The summed E-state index contributed by atoms with van der Waals surface area (Å²) in [6.07, 6.45) is -0.914. The van der Waals surface area contributed by atoms with E-state index in [1.54, 1.807) is 47.4 Å². The standard InChI is InChI=1S/C13H13F3N4O/c14-13(15,16)9-17-8-12(21)19-10-2-4-11(5-3-10)20-7-1-6-18-20/h1-7,17H,8-9H2,(H,19,21). The molecule has 0 saturated carbocycles. The Kier molecular flexibility index (Phi) is 4.59. The summed E-state index contributed by atoms with van der Waals surface area (Å²) in [7, 11) is 0. The van der Waals surface area contributed by atoms with E-state index in [0.29, 0.717) is 5.69 Å². The van der Waals surface area contributed by atoms with Crippen LogP contribution >= 0.6 is 0 Å². The summed E-state index contributed by atoms with van der Waals surface area (Å²) < 4.78 is 37.4. The van der Waals surface area contributed by atoms with Crippen molar-refractivity contribution in [2.75, 3.05) is 18.4 Å². The SMILES string of the molecule is O=C(CNCC(F)(F)F)Nc1ccc(-n2cccn2)cc1. The van der Waals surface area contributed by atoms with Gasteiger partial charge >= 0.3 is 6.18 Å². The monoisotopic (exact) mass is 298 g/mol. The molecule has 0 saturated heterocycles. The van der Waals surface area contributed by atoms with Crippen molar-refractivity contribution in [1.82, 2.24) is 15.1 Å². The van der Waals surface area contributed by atoms with Gasteiger partial charge in [-0.3, -0.25) is 4.79 Å². The molecule has 1 aromatic carbocycles. The zero-order valence-electron chi connectivity index (χ0n) is 10.9. The first-order chi connectivity index (χ1) is 9.94. The van der Waals surface area contributed by atoms with Crippen molar-refractivity contribution < 1.29 is 18.0 Å². The number of halogens is 3. The Morgan fingerprint density at radius 1 is 1.24 bits per heavy atom. The van der Waals surface area contributed by atoms with Crippen LogP contribution in [0, 0.1) is 0 Å². The molecular weight excluding hydrogens is 285 g/mol. The van der Waals surface area contributed by atoms with Crippen molar-refractivity contribution in [1.29, 1.82) is 0 Å². The first kappa shape index (κ1) is 15.0. The van der Waals surface area contributed by atoms with E-state index in [0.717, 1.165) is 5.69 Å². The Bertz CT molecular complexity index is 578. The van der Waals surface area contributed by atoms with Crippen LogP contribution in [0.3, 0.4) is 0 Å². The lowest BCUT2D eigenvalue weighted by Gasteiger charge is -2.09. The predicted molar refractivity (Wildman–Crippen MR) is 71.1 cm³/mol. The highest BCUT2D eigenvalue weighted by Crippen LogP contribution is 2.13. The molecule has 0 fully saturated rings. The fourth-order valence-corrected chi connectivity index (χ4v) is 1.64. The van der Waals surface area contributed by atoms with Crippen molar-refractivity contribution in [2.45, 2.75) is 6.18 Å². The van der Waals surface area contributed by atoms with Gasteiger partial charge in [-0.1, -0.05) is 0 Å². The molecule has 1 aromatic heterocycles. The van der Waals surface area contributed by atoms with Crippen molar-refractivity contribution in [3.8, 4) is 5.69 Å². The first-order valence-electron chi connectivity index (χ1n) is 6.11. The number of nitrogens with one attached hydrogen (secondary N) is 2. The van der Waals surface area contributed by atoms with Gasteiger partial charge in [0.2, 0.25) is 5.91 Å². The molecule has 2 aromatic rings. The molecule has 0 radical (unpaired) electrons. The van der Waals surface area contributed by atoms with Gasteiger partial charge in [0.25, 0.3) is 0 Å². The average Bonchev–Trinajstić information content (AvgIpc) is 2.92. The van der Waals surface area contributed by atoms with Gasteiger partial charge in [-0.15, -0.1) is 0 Å². The van der Waals surface area contributed by atoms with Crippen molar-refractivity contribution in [3.63, 3.8) is 0 Å². The van der Waals surface area contributed by atoms with E-state index in [1.807, 2.05) is 5.32 Å². The topological polar surface area (TPSA) is 59.0 Å². The van der Waals surface area contributed by atoms with E-state index < -0.39 is 25.2 Å². The van der Waals surface area contributed by atoms with Gasteiger partial charge < -0.3 is 10.6 Å². The van der Waals surface area contributed by atoms with E-state index in [2.05, 4.69) is 10.4 Å². The molecule has 21 heavy (non-hydrogen) atoms. The molecule has 0 aliphatic heterocycles. The predicted octanol–water partition coefficient (Wildman–Crippen LogP) is 1.96. The van der Waals surface area contributed by atoms with Gasteiger partial charge in [0, 0.05) is 18.1 Å². The first-order valence-corrected chi connectivity index (χ1v) is 6.11. The fraction of sp³-hybridized carbons (Fsp3) is 0.231. The molecule has 1 amide bonds. The normalized spacial score (nSPS) is 11.4. The summed E-state index contributed by atoms with van der Waals surface area (Å²) in [5.74, 6) is -0.536. The average molecular weight is 298 g/mol.